The van der Waals surface area contributed by atoms with Gasteiger partial charge in [0.15, 0.2) is 17.5 Å². The molecular weight excluding hydrogens is 771 g/mol. The molecule has 0 saturated heterocycles. The van der Waals surface area contributed by atoms with Gasteiger partial charge in [-0.1, -0.05) is 146 Å². The lowest BCUT2D eigenvalue weighted by Crippen LogP contribution is -2.00. The minimum absolute atomic E-state index is 0.577. The van der Waals surface area contributed by atoms with Crippen LogP contribution in [0.25, 0.3) is 122 Å². The molecule has 4 heterocycles. The summed E-state index contributed by atoms with van der Waals surface area (Å²) in [5.41, 5.74) is 13.3. The van der Waals surface area contributed by atoms with Crippen LogP contribution in [-0.4, -0.2) is 24.1 Å². The number of para-hydroxylation sites is 4. The zero-order chi connectivity index (χ0) is 41.4. The highest BCUT2D eigenvalue weighted by molar-refractivity contribution is 6.26. The molecule has 0 spiro atoms. The van der Waals surface area contributed by atoms with Gasteiger partial charge >= 0.3 is 0 Å². The summed E-state index contributed by atoms with van der Waals surface area (Å²) in [7, 11) is 0. The molecule has 294 valence electrons. The summed E-state index contributed by atoms with van der Waals surface area (Å²) >= 11 is 0. The van der Waals surface area contributed by atoms with E-state index < -0.39 is 0 Å². The predicted octanol–water partition coefficient (Wildman–Crippen LogP) is 14.6. The Balaban J connectivity index is 0.970. The van der Waals surface area contributed by atoms with Gasteiger partial charge in [-0.15, -0.1) is 0 Å². The molecule has 0 atom stereocenters. The van der Waals surface area contributed by atoms with Crippen molar-refractivity contribution in [3.05, 3.63) is 212 Å². The molecule has 0 bridgehead atoms. The molecule has 13 aromatic rings. The highest BCUT2D eigenvalue weighted by atomic mass is 16.3. The summed E-state index contributed by atoms with van der Waals surface area (Å²) in [5.74, 6) is 1.78. The van der Waals surface area contributed by atoms with Crippen molar-refractivity contribution < 1.29 is 4.42 Å². The van der Waals surface area contributed by atoms with Gasteiger partial charge in [-0.25, -0.2) is 15.0 Å². The molecule has 6 heteroatoms. The van der Waals surface area contributed by atoms with Crippen molar-refractivity contribution in [1.29, 1.82) is 0 Å². The summed E-state index contributed by atoms with van der Waals surface area (Å²) in [6, 6.07) is 74.3. The SMILES string of the molecule is c1ccc(-c2nc(-c3ccc(-n4c5ccccc5c5ccc6c(c7ccccc7n6-c6ccccc6)c54)cc3)nc(-c3ccc4c(c3)oc3c(-c5ccccc5)cccc34)n2)cc1. The number of aromatic nitrogens is 5. The Morgan fingerprint density at radius 3 is 1.60 bits per heavy atom. The number of rotatable bonds is 6. The average Bonchev–Trinajstić information content (AvgIpc) is 4.02. The molecule has 0 fully saturated rings. The maximum atomic E-state index is 6.64. The zero-order valence-electron chi connectivity index (χ0n) is 33.9. The minimum atomic E-state index is 0.577. The number of nitrogens with zero attached hydrogens (tertiary/aromatic N) is 5. The van der Waals surface area contributed by atoms with Crippen molar-refractivity contribution >= 4 is 65.6 Å². The Labute approximate surface area is 361 Å². The smallest absolute Gasteiger partial charge is 0.164 e. The molecule has 6 nitrogen and oxygen atoms in total. The lowest BCUT2D eigenvalue weighted by Gasteiger charge is -2.12. The van der Waals surface area contributed by atoms with E-state index in [4.69, 9.17) is 19.4 Å². The van der Waals surface area contributed by atoms with Gasteiger partial charge in [0.2, 0.25) is 0 Å². The first-order valence-electron chi connectivity index (χ1n) is 21.2. The monoisotopic (exact) mass is 805 g/mol. The first-order valence-corrected chi connectivity index (χ1v) is 21.2. The van der Waals surface area contributed by atoms with Crippen LogP contribution < -0.4 is 0 Å². The third-order valence-electron chi connectivity index (χ3n) is 12.4. The van der Waals surface area contributed by atoms with Crippen LogP contribution in [0.4, 0.5) is 0 Å². The van der Waals surface area contributed by atoms with Crippen molar-refractivity contribution in [3.63, 3.8) is 0 Å². The van der Waals surface area contributed by atoms with E-state index >= 15 is 0 Å². The normalized spacial score (nSPS) is 11.8. The topological polar surface area (TPSA) is 61.7 Å². The Morgan fingerprint density at radius 1 is 0.333 bits per heavy atom. The maximum absolute atomic E-state index is 6.64. The molecule has 4 aromatic heterocycles. The zero-order valence-corrected chi connectivity index (χ0v) is 33.9. The fourth-order valence-electron chi connectivity index (χ4n) is 9.52. The van der Waals surface area contributed by atoms with Gasteiger partial charge in [-0.2, -0.15) is 0 Å². The van der Waals surface area contributed by atoms with Crippen LogP contribution in [0.3, 0.4) is 0 Å². The van der Waals surface area contributed by atoms with E-state index in [1.54, 1.807) is 0 Å². The van der Waals surface area contributed by atoms with Gasteiger partial charge in [0, 0.05) is 65.9 Å². The Morgan fingerprint density at radius 2 is 0.873 bits per heavy atom. The van der Waals surface area contributed by atoms with Crippen LogP contribution in [0, 0.1) is 0 Å². The molecule has 0 N–H and O–H groups in total. The summed E-state index contributed by atoms with van der Waals surface area (Å²) in [5, 5.41) is 6.98. The van der Waals surface area contributed by atoms with Gasteiger partial charge < -0.3 is 13.6 Å². The van der Waals surface area contributed by atoms with E-state index in [0.29, 0.717) is 17.5 Å². The van der Waals surface area contributed by atoms with Crippen LogP contribution >= 0.6 is 0 Å². The van der Waals surface area contributed by atoms with Gasteiger partial charge in [-0.3, -0.25) is 0 Å². The maximum Gasteiger partial charge on any atom is 0.164 e. The second-order valence-electron chi connectivity index (χ2n) is 16.0. The third kappa shape index (κ3) is 5.55. The average molecular weight is 806 g/mol. The van der Waals surface area contributed by atoms with E-state index in [-0.39, 0.29) is 0 Å². The highest BCUT2D eigenvalue weighted by Crippen LogP contribution is 2.43. The molecule has 63 heavy (non-hydrogen) atoms. The van der Waals surface area contributed by atoms with Crippen molar-refractivity contribution in [2.75, 3.05) is 0 Å². The number of fused-ring (bicyclic) bond motifs is 10. The van der Waals surface area contributed by atoms with E-state index in [2.05, 4.69) is 185 Å². The Kier molecular flexibility index (Phi) is 7.80. The summed E-state index contributed by atoms with van der Waals surface area (Å²) in [4.78, 5) is 15.3. The number of furan rings is 1. The first kappa shape index (κ1) is 35.2. The van der Waals surface area contributed by atoms with E-state index in [1.807, 2.05) is 36.4 Å². The van der Waals surface area contributed by atoms with Gasteiger partial charge in [0.1, 0.15) is 11.2 Å². The largest absolute Gasteiger partial charge is 0.455 e. The molecule has 0 saturated carbocycles. The van der Waals surface area contributed by atoms with Crippen LogP contribution in [0.2, 0.25) is 0 Å². The van der Waals surface area contributed by atoms with Crippen molar-refractivity contribution in [3.8, 4) is 56.7 Å². The van der Waals surface area contributed by atoms with Gasteiger partial charge in [0.05, 0.1) is 22.1 Å². The fourth-order valence-corrected chi connectivity index (χ4v) is 9.52. The molecule has 9 aromatic carbocycles. The predicted molar refractivity (Wildman–Crippen MR) is 258 cm³/mol. The standard InChI is InChI=1S/C57H35N5O/c1-4-15-36(16-5-1)42-23-14-24-46-44-32-29-39(35-51(44)63-54(42)46)57-59-55(37-17-6-2-7-18-37)58-56(60-57)38-27-30-41(31-28-38)62-48-25-12-10-21-43(48)45-33-34-50-52(53(45)62)47-22-11-13-26-49(47)61(50)40-19-8-3-9-20-40/h1-35H. The summed E-state index contributed by atoms with van der Waals surface area (Å²) < 4.78 is 11.4. The quantitative estimate of drug-likeness (QED) is 0.168. The fraction of sp³-hybridized carbons (Fsp3) is 0. The highest BCUT2D eigenvalue weighted by Gasteiger charge is 2.22. The molecular formula is C57H35N5O. The number of hydrogen-bond donors (Lipinski definition) is 0. The molecule has 0 amide bonds. The summed E-state index contributed by atoms with van der Waals surface area (Å²) in [6.45, 7) is 0. The Bertz CT molecular complexity index is 3890. The first-order chi connectivity index (χ1) is 31.2. The second kappa shape index (κ2) is 14.0. The molecule has 13 rings (SSSR count). The molecule has 0 unspecified atom stereocenters. The molecule has 0 aliphatic rings. The van der Waals surface area contributed by atoms with Crippen LogP contribution in [0.15, 0.2) is 217 Å². The van der Waals surface area contributed by atoms with Crippen molar-refractivity contribution in [2.24, 2.45) is 0 Å². The third-order valence-corrected chi connectivity index (χ3v) is 12.4. The van der Waals surface area contributed by atoms with E-state index in [1.165, 1.54) is 38.1 Å². The lowest BCUT2D eigenvalue weighted by atomic mass is 10.0. The number of benzene rings is 9. The van der Waals surface area contributed by atoms with E-state index in [9.17, 15) is 0 Å². The second-order valence-corrected chi connectivity index (χ2v) is 16.0. The lowest BCUT2D eigenvalue weighted by molar-refractivity contribution is 0.670. The van der Waals surface area contributed by atoms with Crippen molar-refractivity contribution in [2.45, 2.75) is 0 Å². The van der Waals surface area contributed by atoms with Crippen LogP contribution in [0.5, 0.6) is 0 Å². The molecule has 0 aliphatic carbocycles. The van der Waals surface area contributed by atoms with Gasteiger partial charge in [-0.05, 0) is 72.3 Å². The molecule has 0 aliphatic heterocycles. The van der Waals surface area contributed by atoms with Crippen molar-refractivity contribution in [1.82, 2.24) is 24.1 Å². The van der Waals surface area contributed by atoms with Gasteiger partial charge in [0.25, 0.3) is 0 Å². The Hall–Kier alpha value is -8.61. The summed E-state index contributed by atoms with van der Waals surface area (Å²) in [6.07, 6.45) is 0. The number of hydrogen-bond acceptors (Lipinski definition) is 4. The van der Waals surface area contributed by atoms with Crippen LogP contribution in [-0.2, 0) is 0 Å². The molecule has 0 radical (unpaired) electrons. The van der Waals surface area contributed by atoms with Crippen LogP contribution in [0.1, 0.15) is 0 Å². The minimum Gasteiger partial charge on any atom is -0.455 e. The van der Waals surface area contributed by atoms with E-state index in [0.717, 1.165) is 66.6 Å².